The normalized spacial score (nSPS) is 16.3. The third kappa shape index (κ3) is 2.87. The molecule has 1 aliphatic rings. The van der Waals surface area contributed by atoms with Crippen LogP contribution in [0.3, 0.4) is 0 Å². The number of rotatable bonds is 4. The summed E-state index contributed by atoms with van der Waals surface area (Å²) in [5.74, 6) is -0.160. The molecule has 0 amide bonds. The lowest BCUT2D eigenvalue weighted by Crippen LogP contribution is -2.33. The van der Waals surface area contributed by atoms with E-state index in [1.165, 1.54) is 6.20 Å². The zero-order valence-electron chi connectivity index (χ0n) is 12.6. The molecule has 1 aliphatic heterocycles. The molecule has 0 aliphatic carbocycles. The van der Waals surface area contributed by atoms with Crippen LogP contribution in [-0.2, 0) is 11.2 Å². The minimum Gasteiger partial charge on any atom is -0.462 e. The van der Waals surface area contributed by atoms with E-state index in [9.17, 15) is 9.90 Å². The van der Waals surface area contributed by atoms with Gasteiger partial charge in [-0.1, -0.05) is 18.2 Å². The largest absolute Gasteiger partial charge is 0.462 e. The first kappa shape index (κ1) is 15.7. The first-order chi connectivity index (χ1) is 11.2. The first-order valence-electron chi connectivity index (χ1n) is 7.33. The smallest absolute Gasteiger partial charge is 0.343 e. The highest BCUT2D eigenvalue weighted by Crippen LogP contribution is 2.39. The molecule has 1 atom stereocenters. The number of aliphatic hydroxyl groups is 1. The third-order valence-electron chi connectivity index (χ3n) is 3.75. The number of para-hydroxylation sites is 1. The Kier molecular flexibility index (Phi) is 4.45. The molecule has 1 aromatic heterocycles. The van der Waals surface area contributed by atoms with Gasteiger partial charge in [0.05, 0.1) is 19.3 Å². The van der Waals surface area contributed by atoms with Crippen molar-refractivity contribution >= 4 is 29.1 Å². The average molecular weight is 334 g/mol. The lowest BCUT2D eigenvalue weighted by Gasteiger charge is -2.26. The van der Waals surface area contributed by atoms with E-state index in [1.54, 1.807) is 6.92 Å². The van der Waals surface area contributed by atoms with Gasteiger partial charge in [0.1, 0.15) is 5.56 Å². The molecule has 0 radical (unpaired) electrons. The van der Waals surface area contributed by atoms with Gasteiger partial charge < -0.3 is 14.7 Å². The minimum absolute atomic E-state index is 0.0362. The second kappa shape index (κ2) is 6.52. The van der Waals surface area contributed by atoms with Crippen LogP contribution in [0.2, 0.25) is 5.28 Å². The van der Waals surface area contributed by atoms with Gasteiger partial charge in [-0.2, -0.15) is 4.98 Å². The van der Waals surface area contributed by atoms with Crippen molar-refractivity contribution in [2.75, 3.05) is 18.1 Å². The monoisotopic (exact) mass is 333 g/mol. The summed E-state index contributed by atoms with van der Waals surface area (Å²) in [6, 6.07) is 7.54. The summed E-state index contributed by atoms with van der Waals surface area (Å²) in [5, 5.41) is 9.77. The number of aromatic nitrogens is 2. The maximum Gasteiger partial charge on any atom is 0.343 e. The summed E-state index contributed by atoms with van der Waals surface area (Å²) >= 11 is 5.93. The molecular weight excluding hydrogens is 318 g/mol. The standard InChI is InChI=1S/C16H16ClN3O3/c1-2-23-15(22)12-8-18-16(17)19-14(12)20-11(9-21)7-10-5-3-4-6-13(10)20/h3-6,8,11,21H,2,7,9H2,1H3/t11-/m0/s1. The Morgan fingerprint density at radius 2 is 2.26 bits per heavy atom. The van der Waals surface area contributed by atoms with Gasteiger partial charge in [-0.05, 0) is 36.6 Å². The summed E-state index contributed by atoms with van der Waals surface area (Å²) in [5.41, 5.74) is 2.20. The van der Waals surface area contributed by atoms with Crippen LogP contribution in [0.5, 0.6) is 0 Å². The fourth-order valence-electron chi connectivity index (χ4n) is 2.78. The van der Waals surface area contributed by atoms with E-state index in [4.69, 9.17) is 16.3 Å². The summed E-state index contributed by atoms with van der Waals surface area (Å²) in [6.45, 7) is 1.91. The number of hydrogen-bond donors (Lipinski definition) is 1. The summed E-state index contributed by atoms with van der Waals surface area (Å²) < 4.78 is 5.07. The van der Waals surface area contributed by atoms with Gasteiger partial charge in [-0.3, -0.25) is 0 Å². The van der Waals surface area contributed by atoms with E-state index < -0.39 is 5.97 Å². The topological polar surface area (TPSA) is 75.5 Å². The molecule has 1 N–H and O–H groups in total. The van der Waals surface area contributed by atoms with E-state index in [1.807, 2.05) is 29.2 Å². The number of anilines is 2. The number of ether oxygens (including phenoxy) is 1. The molecule has 120 valence electrons. The highest BCUT2D eigenvalue weighted by molar-refractivity contribution is 6.28. The maximum atomic E-state index is 12.2. The first-order valence-corrected chi connectivity index (χ1v) is 7.71. The quantitative estimate of drug-likeness (QED) is 0.684. The van der Waals surface area contributed by atoms with Gasteiger partial charge in [0, 0.05) is 11.9 Å². The predicted octanol–water partition coefficient (Wildman–Crippen LogP) is 2.36. The number of hydrogen-bond acceptors (Lipinski definition) is 6. The number of carbonyl (C=O) groups is 1. The van der Waals surface area contributed by atoms with E-state index >= 15 is 0 Å². The molecule has 2 aromatic rings. The number of benzene rings is 1. The zero-order valence-corrected chi connectivity index (χ0v) is 13.3. The summed E-state index contributed by atoms with van der Waals surface area (Å²) in [4.78, 5) is 22.1. The SMILES string of the molecule is CCOC(=O)c1cnc(Cl)nc1N1c2ccccc2C[C@H]1CO. The molecule has 0 saturated carbocycles. The highest BCUT2D eigenvalue weighted by atomic mass is 35.5. The number of fused-ring (bicyclic) bond motifs is 1. The number of aliphatic hydroxyl groups excluding tert-OH is 1. The van der Waals surface area contributed by atoms with Crippen LogP contribution in [0, 0.1) is 0 Å². The van der Waals surface area contributed by atoms with Gasteiger partial charge in [0.2, 0.25) is 5.28 Å². The number of halogens is 1. The molecule has 1 aromatic carbocycles. The highest BCUT2D eigenvalue weighted by Gasteiger charge is 2.33. The van der Waals surface area contributed by atoms with Crippen LogP contribution < -0.4 is 4.90 Å². The van der Waals surface area contributed by atoms with Crippen LogP contribution in [0.15, 0.2) is 30.5 Å². The molecule has 0 fully saturated rings. The molecule has 0 unspecified atom stereocenters. The summed E-state index contributed by atoms with van der Waals surface area (Å²) in [7, 11) is 0. The van der Waals surface area contributed by atoms with Gasteiger partial charge in [-0.15, -0.1) is 0 Å². The van der Waals surface area contributed by atoms with Crippen molar-refractivity contribution in [3.63, 3.8) is 0 Å². The Morgan fingerprint density at radius 3 is 3.00 bits per heavy atom. The number of nitrogens with zero attached hydrogens (tertiary/aromatic N) is 3. The number of carbonyl (C=O) groups excluding carboxylic acids is 1. The molecule has 23 heavy (non-hydrogen) atoms. The molecule has 3 rings (SSSR count). The van der Waals surface area contributed by atoms with Gasteiger partial charge in [0.15, 0.2) is 5.82 Å². The molecule has 0 bridgehead atoms. The van der Waals surface area contributed by atoms with E-state index in [2.05, 4.69) is 9.97 Å². The van der Waals surface area contributed by atoms with Gasteiger partial charge >= 0.3 is 5.97 Å². The van der Waals surface area contributed by atoms with Crippen molar-refractivity contribution in [2.24, 2.45) is 0 Å². The molecule has 0 spiro atoms. The Bertz CT molecular complexity index is 738. The Hall–Kier alpha value is -2.18. The second-order valence-corrected chi connectivity index (χ2v) is 5.47. The average Bonchev–Trinajstić information content (AvgIpc) is 2.93. The second-order valence-electron chi connectivity index (χ2n) is 5.14. The zero-order chi connectivity index (χ0) is 16.4. The Labute approximate surface area is 138 Å². The molecule has 0 saturated heterocycles. The van der Waals surface area contributed by atoms with E-state index in [0.29, 0.717) is 12.2 Å². The van der Waals surface area contributed by atoms with Crippen molar-refractivity contribution in [3.8, 4) is 0 Å². The van der Waals surface area contributed by atoms with E-state index in [0.717, 1.165) is 11.3 Å². The fraction of sp³-hybridized carbons (Fsp3) is 0.312. The lowest BCUT2D eigenvalue weighted by atomic mass is 10.1. The van der Waals surface area contributed by atoms with Crippen molar-refractivity contribution < 1.29 is 14.6 Å². The van der Waals surface area contributed by atoms with Crippen LogP contribution in [0.25, 0.3) is 0 Å². The Balaban J connectivity index is 2.13. The molecular formula is C16H16ClN3O3. The van der Waals surface area contributed by atoms with Crippen LogP contribution in [-0.4, -0.2) is 40.3 Å². The van der Waals surface area contributed by atoms with E-state index in [-0.39, 0.29) is 30.1 Å². The Morgan fingerprint density at radius 1 is 1.48 bits per heavy atom. The summed E-state index contributed by atoms with van der Waals surface area (Å²) in [6.07, 6.45) is 2.02. The third-order valence-corrected chi connectivity index (χ3v) is 3.93. The van der Waals surface area contributed by atoms with Crippen LogP contribution in [0.1, 0.15) is 22.8 Å². The molecule has 6 nitrogen and oxygen atoms in total. The van der Waals surface area contributed by atoms with Gasteiger partial charge in [-0.25, -0.2) is 9.78 Å². The van der Waals surface area contributed by atoms with Crippen LogP contribution >= 0.6 is 11.6 Å². The van der Waals surface area contributed by atoms with Crippen molar-refractivity contribution in [3.05, 3.63) is 46.9 Å². The van der Waals surface area contributed by atoms with Crippen LogP contribution in [0.4, 0.5) is 11.5 Å². The molecule has 7 heteroatoms. The molecule has 2 heterocycles. The maximum absolute atomic E-state index is 12.2. The van der Waals surface area contributed by atoms with Crippen molar-refractivity contribution in [1.82, 2.24) is 9.97 Å². The number of esters is 1. The minimum atomic E-state index is -0.514. The van der Waals surface area contributed by atoms with Crippen molar-refractivity contribution in [1.29, 1.82) is 0 Å². The van der Waals surface area contributed by atoms with Crippen molar-refractivity contribution in [2.45, 2.75) is 19.4 Å². The predicted molar refractivity (Wildman–Crippen MR) is 86.2 cm³/mol. The van der Waals surface area contributed by atoms with Gasteiger partial charge in [0.25, 0.3) is 0 Å². The fourth-order valence-corrected chi connectivity index (χ4v) is 2.91. The lowest BCUT2D eigenvalue weighted by molar-refractivity contribution is 0.0526.